The van der Waals surface area contributed by atoms with Gasteiger partial charge in [0.1, 0.15) is 22.7 Å². The second kappa shape index (κ2) is 8.32. The third-order valence-electron chi connectivity index (χ3n) is 5.54. The molecular weight excluding hydrogens is 440 g/mol. The summed E-state index contributed by atoms with van der Waals surface area (Å²) in [5.41, 5.74) is 2.89. The molecule has 0 aliphatic carbocycles. The van der Waals surface area contributed by atoms with Crippen molar-refractivity contribution in [2.45, 2.75) is 24.3 Å². The van der Waals surface area contributed by atoms with Crippen molar-refractivity contribution in [3.8, 4) is 17.1 Å². The number of rotatable bonds is 6. The molecule has 1 amide bonds. The molecule has 1 N–H and O–H groups in total. The smallest absolute Gasteiger partial charge is 0.237 e. The van der Waals surface area contributed by atoms with Crippen molar-refractivity contribution in [1.82, 2.24) is 14.8 Å². The summed E-state index contributed by atoms with van der Waals surface area (Å²) in [6.45, 7) is 3.70. The van der Waals surface area contributed by atoms with Crippen LogP contribution in [0.5, 0.6) is 5.75 Å². The minimum absolute atomic E-state index is 0.183. The van der Waals surface area contributed by atoms with Crippen LogP contribution in [-0.4, -0.2) is 33.0 Å². The van der Waals surface area contributed by atoms with Gasteiger partial charge in [0.2, 0.25) is 5.91 Å². The summed E-state index contributed by atoms with van der Waals surface area (Å²) in [4.78, 5) is 13.0. The number of anilines is 1. The van der Waals surface area contributed by atoms with Crippen LogP contribution in [-0.2, 0) is 11.8 Å². The molecule has 2 aromatic carbocycles. The highest BCUT2D eigenvalue weighted by Gasteiger charge is 2.22. The first-order valence-electron chi connectivity index (χ1n) is 10.4. The van der Waals surface area contributed by atoms with Gasteiger partial charge in [-0.3, -0.25) is 4.79 Å². The van der Waals surface area contributed by atoms with Crippen LogP contribution in [0.25, 0.3) is 33.3 Å². The Morgan fingerprint density at radius 3 is 2.73 bits per heavy atom. The maximum Gasteiger partial charge on any atom is 0.237 e. The van der Waals surface area contributed by atoms with Crippen LogP contribution in [0.15, 0.2) is 62.7 Å². The molecule has 5 rings (SSSR count). The SMILES string of the molecule is COc1cc2c(cc1NC(=O)C(C)Sc1nnc(-c3ccoc3C)n1C)oc1ccccc12. The zero-order chi connectivity index (χ0) is 23.1. The normalized spacial score (nSPS) is 12.4. The van der Waals surface area contributed by atoms with E-state index in [9.17, 15) is 4.79 Å². The van der Waals surface area contributed by atoms with Gasteiger partial charge in [0, 0.05) is 23.9 Å². The molecule has 0 fully saturated rings. The Morgan fingerprint density at radius 2 is 1.97 bits per heavy atom. The standard InChI is InChI=1S/C24H22N4O4S/c1-13-15(9-10-31-13)22-26-27-24(28(22)3)33-14(2)23(29)25-18-12-20-17(11-21(18)30-4)16-7-5-6-8-19(16)32-20/h5-12,14H,1-4H3,(H,25,29). The zero-order valence-electron chi connectivity index (χ0n) is 18.6. The first kappa shape index (κ1) is 21.1. The molecule has 8 nitrogen and oxygen atoms in total. The Labute approximate surface area is 193 Å². The predicted molar refractivity (Wildman–Crippen MR) is 128 cm³/mol. The number of benzene rings is 2. The maximum absolute atomic E-state index is 13.0. The lowest BCUT2D eigenvalue weighted by Crippen LogP contribution is -2.23. The molecule has 3 heterocycles. The fourth-order valence-electron chi connectivity index (χ4n) is 3.73. The molecule has 168 valence electrons. The molecule has 0 bridgehead atoms. The van der Waals surface area contributed by atoms with E-state index in [2.05, 4.69) is 15.5 Å². The van der Waals surface area contributed by atoms with Crippen LogP contribution in [0.4, 0.5) is 5.69 Å². The van der Waals surface area contributed by atoms with E-state index in [1.807, 2.05) is 61.9 Å². The lowest BCUT2D eigenvalue weighted by atomic mass is 10.1. The Balaban J connectivity index is 1.38. The molecular formula is C24H22N4O4S. The number of aromatic nitrogens is 3. The molecule has 0 radical (unpaired) electrons. The number of carbonyl (C=O) groups excluding carboxylic acids is 1. The van der Waals surface area contributed by atoms with Crippen LogP contribution in [0.3, 0.4) is 0 Å². The number of furan rings is 2. The van der Waals surface area contributed by atoms with Gasteiger partial charge in [-0.25, -0.2) is 0 Å². The Kier molecular flexibility index (Phi) is 5.33. The third kappa shape index (κ3) is 3.74. The van der Waals surface area contributed by atoms with Gasteiger partial charge in [-0.1, -0.05) is 30.0 Å². The Bertz CT molecular complexity index is 1480. The minimum atomic E-state index is -0.428. The van der Waals surface area contributed by atoms with E-state index in [-0.39, 0.29) is 5.91 Å². The largest absolute Gasteiger partial charge is 0.495 e. The van der Waals surface area contributed by atoms with E-state index in [1.54, 1.807) is 19.4 Å². The number of amides is 1. The fourth-order valence-corrected chi connectivity index (χ4v) is 4.55. The number of hydrogen-bond acceptors (Lipinski definition) is 7. The predicted octanol–water partition coefficient (Wildman–Crippen LogP) is 5.41. The van der Waals surface area contributed by atoms with Crippen LogP contribution in [0, 0.1) is 6.92 Å². The first-order valence-corrected chi connectivity index (χ1v) is 11.2. The molecule has 1 atom stereocenters. The topological polar surface area (TPSA) is 95.3 Å². The van der Waals surface area contributed by atoms with Crippen molar-refractivity contribution in [1.29, 1.82) is 0 Å². The summed E-state index contributed by atoms with van der Waals surface area (Å²) < 4.78 is 18.7. The fraction of sp³-hybridized carbons (Fsp3) is 0.208. The Morgan fingerprint density at radius 1 is 1.15 bits per heavy atom. The van der Waals surface area contributed by atoms with Gasteiger partial charge in [-0.15, -0.1) is 10.2 Å². The molecule has 0 spiro atoms. The van der Waals surface area contributed by atoms with Gasteiger partial charge in [0.05, 0.1) is 29.9 Å². The summed E-state index contributed by atoms with van der Waals surface area (Å²) >= 11 is 1.32. The lowest BCUT2D eigenvalue weighted by molar-refractivity contribution is -0.115. The summed E-state index contributed by atoms with van der Waals surface area (Å²) in [5, 5.41) is 13.6. The zero-order valence-corrected chi connectivity index (χ0v) is 19.4. The molecule has 0 saturated heterocycles. The van der Waals surface area contributed by atoms with Gasteiger partial charge < -0.3 is 23.5 Å². The van der Waals surface area contributed by atoms with Gasteiger partial charge in [-0.05, 0) is 32.0 Å². The number of ether oxygens (including phenoxy) is 1. The van der Waals surface area contributed by atoms with Crippen LogP contribution >= 0.6 is 11.8 Å². The van der Waals surface area contributed by atoms with Crippen molar-refractivity contribution in [3.05, 3.63) is 54.5 Å². The molecule has 1 unspecified atom stereocenters. The second-order valence-corrected chi connectivity index (χ2v) is 8.96. The van der Waals surface area contributed by atoms with Crippen molar-refractivity contribution < 1.29 is 18.4 Å². The summed E-state index contributed by atoms with van der Waals surface area (Å²) in [7, 11) is 3.45. The maximum atomic E-state index is 13.0. The lowest BCUT2D eigenvalue weighted by Gasteiger charge is -2.14. The summed E-state index contributed by atoms with van der Waals surface area (Å²) in [6.07, 6.45) is 1.62. The Hall–Kier alpha value is -3.72. The monoisotopic (exact) mass is 462 g/mol. The molecule has 9 heteroatoms. The first-order chi connectivity index (χ1) is 16.0. The van der Waals surface area contributed by atoms with E-state index in [0.29, 0.717) is 28.0 Å². The number of nitrogens with one attached hydrogen (secondary N) is 1. The third-order valence-corrected chi connectivity index (χ3v) is 6.68. The van der Waals surface area contributed by atoms with Gasteiger partial charge in [-0.2, -0.15) is 0 Å². The van der Waals surface area contributed by atoms with Crippen molar-refractivity contribution in [2.75, 3.05) is 12.4 Å². The number of hydrogen-bond donors (Lipinski definition) is 1. The van der Waals surface area contributed by atoms with Gasteiger partial charge in [0.25, 0.3) is 0 Å². The minimum Gasteiger partial charge on any atom is -0.495 e. The number of fused-ring (bicyclic) bond motifs is 3. The molecule has 33 heavy (non-hydrogen) atoms. The highest BCUT2D eigenvalue weighted by molar-refractivity contribution is 8.00. The number of thioether (sulfide) groups is 1. The van der Waals surface area contributed by atoms with E-state index in [1.165, 1.54) is 11.8 Å². The number of nitrogens with zero attached hydrogens (tertiary/aromatic N) is 3. The number of carbonyl (C=O) groups is 1. The van der Waals surface area contributed by atoms with Crippen molar-refractivity contribution in [2.24, 2.45) is 7.05 Å². The van der Waals surface area contributed by atoms with E-state index in [0.717, 1.165) is 27.7 Å². The number of aryl methyl sites for hydroxylation is 1. The molecule has 0 aliphatic heterocycles. The number of para-hydroxylation sites is 1. The van der Waals surface area contributed by atoms with E-state index >= 15 is 0 Å². The highest BCUT2D eigenvalue weighted by atomic mass is 32.2. The second-order valence-electron chi connectivity index (χ2n) is 7.65. The van der Waals surface area contributed by atoms with Crippen LogP contribution < -0.4 is 10.1 Å². The molecule has 0 saturated carbocycles. The van der Waals surface area contributed by atoms with Crippen molar-refractivity contribution in [3.63, 3.8) is 0 Å². The van der Waals surface area contributed by atoms with E-state index in [4.69, 9.17) is 13.6 Å². The highest BCUT2D eigenvalue weighted by Crippen LogP contribution is 2.37. The van der Waals surface area contributed by atoms with E-state index < -0.39 is 5.25 Å². The quantitative estimate of drug-likeness (QED) is 0.337. The summed E-state index contributed by atoms with van der Waals surface area (Å²) in [5.74, 6) is 1.84. The van der Waals surface area contributed by atoms with Crippen molar-refractivity contribution >= 4 is 45.3 Å². The average Bonchev–Trinajstić information content (AvgIpc) is 3.49. The average molecular weight is 463 g/mol. The summed E-state index contributed by atoms with van der Waals surface area (Å²) in [6, 6.07) is 13.3. The molecule has 3 aromatic heterocycles. The van der Waals surface area contributed by atoms with Crippen LogP contribution in [0.1, 0.15) is 12.7 Å². The number of methoxy groups -OCH3 is 1. The molecule has 5 aromatic rings. The molecule has 0 aliphatic rings. The van der Waals surface area contributed by atoms with Crippen LogP contribution in [0.2, 0.25) is 0 Å². The van der Waals surface area contributed by atoms with Gasteiger partial charge in [0.15, 0.2) is 11.0 Å². The van der Waals surface area contributed by atoms with Gasteiger partial charge >= 0.3 is 0 Å².